The Labute approximate surface area is 176 Å². The molecule has 1 saturated heterocycles. The van der Waals surface area contributed by atoms with E-state index in [1.807, 2.05) is 30.3 Å². The minimum atomic E-state index is -3.64. The fourth-order valence-electron chi connectivity index (χ4n) is 3.42. The first-order valence-electron chi connectivity index (χ1n) is 9.31. The van der Waals surface area contributed by atoms with E-state index in [0.717, 1.165) is 18.1 Å². The van der Waals surface area contributed by atoms with Gasteiger partial charge in [0.1, 0.15) is 6.10 Å². The highest BCUT2D eigenvalue weighted by Gasteiger charge is 2.34. The molecule has 1 aliphatic rings. The molecule has 0 spiro atoms. The van der Waals surface area contributed by atoms with Crippen LogP contribution in [0.5, 0.6) is 5.75 Å². The number of halogens is 1. The van der Waals surface area contributed by atoms with E-state index in [1.54, 1.807) is 0 Å². The number of sulfonamides is 1. The van der Waals surface area contributed by atoms with E-state index in [1.165, 1.54) is 22.5 Å². The standard InChI is InChI=1S/C20H24FNO6S2/c1-29(23,24)22-12-17(16-6-4-3-5-7-16)11-18(13-22)28-20-10-15(8-9-19(20)21)14-27-30(2,25)26/h3-10,17-18H,11-14H2,1-2H3/t17-,18+/m0/s1. The third-order valence-corrected chi connectivity index (χ3v) is 6.63. The lowest BCUT2D eigenvalue weighted by Crippen LogP contribution is -2.47. The predicted octanol–water partition coefficient (Wildman–Crippen LogP) is 2.50. The molecule has 0 aromatic heterocycles. The molecular weight excluding hydrogens is 433 g/mol. The molecule has 0 amide bonds. The Kier molecular flexibility index (Phi) is 6.81. The smallest absolute Gasteiger partial charge is 0.264 e. The maximum absolute atomic E-state index is 14.3. The van der Waals surface area contributed by atoms with Crippen molar-refractivity contribution in [2.24, 2.45) is 0 Å². The lowest BCUT2D eigenvalue weighted by molar-refractivity contribution is 0.113. The van der Waals surface area contributed by atoms with Gasteiger partial charge in [0.05, 0.1) is 25.7 Å². The van der Waals surface area contributed by atoms with Gasteiger partial charge in [0, 0.05) is 12.5 Å². The van der Waals surface area contributed by atoms with Gasteiger partial charge in [-0.25, -0.2) is 12.8 Å². The monoisotopic (exact) mass is 457 g/mol. The van der Waals surface area contributed by atoms with Crippen LogP contribution in [0.2, 0.25) is 0 Å². The molecule has 0 unspecified atom stereocenters. The molecule has 2 aromatic carbocycles. The van der Waals surface area contributed by atoms with Gasteiger partial charge in [-0.2, -0.15) is 12.7 Å². The Morgan fingerprint density at radius 2 is 1.73 bits per heavy atom. The van der Waals surface area contributed by atoms with Gasteiger partial charge < -0.3 is 4.74 Å². The van der Waals surface area contributed by atoms with Crippen LogP contribution in [-0.2, 0) is 30.9 Å². The molecule has 3 rings (SSSR count). The molecule has 7 nitrogen and oxygen atoms in total. The van der Waals surface area contributed by atoms with Crippen LogP contribution in [0.4, 0.5) is 4.39 Å². The molecule has 10 heteroatoms. The quantitative estimate of drug-likeness (QED) is 0.594. The molecule has 0 radical (unpaired) electrons. The molecule has 0 bridgehead atoms. The lowest BCUT2D eigenvalue weighted by Gasteiger charge is -2.36. The maximum Gasteiger partial charge on any atom is 0.264 e. The molecule has 1 fully saturated rings. The van der Waals surface area contributed by atoms with Crippen molar-refractivity contribution < 1.29 is 30.1 Å². The maximum atomic E-state index is 14.3. The highest BCUT2D eigenvalue weighted by Crippen LogP contribution is 2.31. The minimum Gasteiger partial charge on any atom is -0.486 e. The largest absolute Gasteiger partial charge is 0.486 e. The van der Waals surface area contributed by atoms with Crippen molar-refractivity contribution in [1.82, 2.24) is 4.31 Å². The van der Waals surface area contributed by atoms with Crippen molar-refractivity contribution in [3.63, 3.8) is 0 Å². The fraction of sp³-hybridized carbons (Fsp3) is 0.400. The zero-order valence-electron chi connectivity index (χ0n) is 16.7. The van der Waals surface area contributed by atoms with Crippen LogP contribution in [0.15, 0.2) is 48.5 Å². The Morgan fingerprint density at radius 1 is 1.03 bits per heavy atom. The first kappa shape index (κ1) is 22.7. The van der Waals surface area contributed by atoms with Crippen molar-refractivity contribution >= 4 is 20.1 Å². The van der Waals surface area contributed by atoms with E-state index in [0.29, 0.717) is 18.5 Å². The summed E-state index contributed by atoms with van der Waals surface area (Å²) in [6.45, 7) is 0.182. The number of benzene rings is 2. The number of hydrogen-bond donors (Lipinski definition) is 0. The van der Waals surface area contributed by atoms with Crippen molar-refractivity contribution in [3.05, 3.63) is 65.5 Å². The third-order valence-electron chi connectivity index (χ3n) is 4.85. The molecule has 0 saturated carbocycles. The van der Waals surface area contributed by atoms with Crippen molar-refractivity contribution in [1.29, 1.82) is 0 Å². The second-order valence-electron chi connectivity index (χ2n) is 7.39. The van der Waals surface area contributed by atoms with Crippen LogP contribution < -0.4 is 4.74 Å². The highest BCUT2D eigenvalue weighted by molar-refractivity contribution is 7.88. The summed E-state index contributed by atoms with van der Waals surface area (Å²) in [4.78, 5) is 0. The van der Waals surface area contributed by atoms with E-state index in [2.05, 4.69) is 0 Å². The number of rotatable bonds is 7. The van der Waals surface area contributed by atoms with E-state index < -0.39 is 32.1 Å². The Bertz CT molecular complexity index is 1090. The molecule has 2 aromatic rings. The summed E-state index contributed by atoms with van der Waals surface area (Å²) < 4.78 is 73.0. The second kappa shape index (κ2) is 9.01. The molecule has 1 aliphatic heterocycles. The van der Waals surface area contributed by atoms with E-state index in [4.69, 9.17) is 8.92 Å². The van der Waals surface area contributed by atoms with Crippen molar-refractivity contribution in [2.45, 2.75) is 25.0 Å². The van der Waals surface area contributed by atoms with Crippen LogP contribution in [-0.4, -0.2) is 52.8 Å². The molecule has 0 N–H and O–H groups in total. The first-order valence-corrected chi connectivity index (χ1v) is 13.0. The van der Waals surface area contributed by atoms with Gasteiger partial charge in [0.25, 0.3) is 10.1 Å². The van der Waals surface area contributed by atoms with Gasteiger partial charge in [-0.3, -0.25) is 4.18 Å². The number of hydrogen-bond acceptors (Lipinski definition) is 6. The Balaban J connectivity index is 1.81. The molecular formula is C20H24FNO6S2. The first-order chi connectivity index (χ1) is 14.0. The Morgan fingerprint density at radius 3 is 2.37 bits per heavy atom. The second-order valence-corrected chi connectivity index (χ2v) is 11.0. The summed E-state index contributed by atoms with van der Waals surface area (Å²) in [5.41, 5.74) is 1.41. The zero-order chi connectivity index (χ0) is 21.9. The summed E-state index contributed by atoms with van der Waals surface area (Å²) in [7, 11) is -7.10. The molecule has 0 aliphatic carbocycles. The topological polar surface area (TPSA) is 90.0 Å². The van der Waals surface area contributed by atoms with Gasteiger partial charge in [-0.05, 0) is 29.7 Å². The van der Waals surface area contributed by atoms with Crippen molar-refractivity contribution in [3.8, 4) is 5.75 Å². The molecule has 164 valence electrons. The van der Waals surface area contributed by atoms with Crippen LogP contribution in [0.3, 0.4) is 0 Å². The molecule has 1 heterocycles. The summed E-state index contributed by atoms with van der Waals surface area (Å²) in [5, 5.41) is 0. The number of nitrogens with zero attached hydrogens (tertiary/aromatic N) is 1. The van der Waals surface area contributed by atoms with Gasteiger partial charge in [-0.15, -0.1) is 0 Å². The van der Waals surface area contributed by atoms with Crippen LogP contribution >= 0.6 is 0 Å². The highest BCUT2D eigenvalue weighted by atomic mass is 32.2. The Hall–Kier alpha value is -2.01. The third kappa shape index (κ3) is 6.24. The summed E-state index contributed by atoms with van der Waals surface area (Å²) in [6.07, 6.45) is 2.01. The molecule has 30 heavy (non-hydrogen) atoms. The zero-order valence-corrected chi connectivity index (χ0v) is 18.3. The van der Waals surface area contributed by atoms with Crippen LogP contribution in [0.25, 0.3) is 0 Å². The van der Waals surface area contributed by atoms with E-state index in [-0.39, 0.29) is 24.8 Å². The average Bonchev–Trinajstić information content (AvgIpc) is 2.68. The summed E-state index contributed by atoms with van der Waals surface area (Å²) >= 11 is 0. The summed E-state index contributed by atoms with van der Waals surface area (Å²) in [6, 6.07) is 13.5. The van der Waals surface area contributed by atoms with Gasteiger partial charge in [0.2, 0.25) is 10.0 Å². The predicted molar refractivity (Wildman–Crippen MR) is 111 cm³/mol. The van der Waals surface area contributed by atoms with Crippen LogP contribution in [0, 0.1) is 5.82 Å². The average molecular weight is 458 g/mol. The number of ether oxygens (including phenoxy) is 1. The summed E-state index contributed by atoms with van der Waals surface area (Å²) in [5.74, 6) is -0.790. The van der Waals surface area contributed by atoms with Crippen molar-refractivity contribution in [2.75, 3.05) is 25.6 Å². The van der Waals surface area contributed by atoms with Gasteiger partial charge >= 0.3 is 0 Å². The minimum absolute atomic E-state index is 0.0724. The number of piperidine rings is 1. The normalized spacial score (nSPS) is 20.8. The lowest BCUT2D eigenvalue weighted by atomic mass is 9.90. The van der Waals surface area contributed by atoms with E-state index in [9.17, 15) is 21.2 Å². The van der Waals surface area contributed by atoms with Crippen LogP contribution in [0.1, 0.15) is 23.5 Å². The van der Waals surface area contributed by atoms with Gasteiger partial charge in [0.15, 0.2) is 11.6 Å². The van der Waals surface area contributed by atoms with E-state index >= 15 is 0 Å². The van der Waals surface area contributed by atoms with Gasteiger partial charge in [-0.1, -0.05) is 36.4 Å². The SMILES string of the molecule is CS(=O)(=O)OCc1ccc(F)c(O[C@@H]2C[C@H](c3ccccc3)CN(S(C)(=O)=O)C2)c1. The molecule has 2 atom stereocenters. The fourth-order valence-corrected chi connectivity index (χ4v) is 4.66.